The molecule has 19 heavy (non-hydrogen) atoms. The van der Waals surface area contributed by atoms with Crippen LogP contribution in [-0.2, 0) is 4.74 Å². The lowest BCUT2D eigenvalue weighted by molar-refractivity contribution is -0.114. The number of rotatable bonds is 1. The average Bonchev–Trinajstić information content (AvgIpc) is 2.38. The van der Waals surface area contributed by atoms with Gasteiger partial charge in [-0.15, -0.1) is 0 Å². The molecule has 2 N–H and O–H groups in total. The second kappa shape index (κ2) is 4.76. The van der Waals surface area contributed by atoms with Crippen LogP contribution in [0.1, 0.15) is 43.7 Å². The van der Waals surface area contributed by atoms with Crippen molar-refractivity contribution in [3.63, 3.8) is 0 Å². The number of fused-ring (bicyclic) bond motifs is 1. The number of ether oxygens (including phenoxy) is 2. The van der Waals surface area contributed by atoms with Crippen LogP contribution in [0.3, 0.4) is 0 Å². The van der Waals surface area contributed by atoms with Crippen molar-refractivity contribution in [1.29, 1.82) is 0 Å². The topological polar surface area (TPSA) is 44.5 Å². The van der Waals surface area contributed by atoms with Crippen molar-refractivity contribution in [2.24, 2.45) is 5.73 Å². The van der Waals surface area contributed by atoms with Crippen molar-refractivity contribution in [1.82, 2.24) is 0 Å². The van der Waals surface area contributed by atoms with E-state index in [-0.39, 0.29) is 23.6 Å². The normalized spacial score (nSPS) is 33.8. The molecule has 0 amide bonds. The summed E-state index contributed by atoms with van der Waals surface area (Å²) in [5.41, 5.74) is 6.77. The Morgan fingerprint density at radius 1 is 1.42 bits per heavy atom. The van der Waals surface area contributed by atoms with E-state index in [1.165, 1.54) is 12.1 Å². The Labute approximate surface area is 112 Å². The van der Waals surface area contributed by atoms with Gasteiger partial charge in [-0.1, -0.05) is 12.5 Å². The maximum Gasteiger partial charge on any atom is 0.137 e. The van der Waals surface area contributed by atoms with E-state index in [2.05, 4.69) is 0 Å². The summed E-state index contributed by atoms with van der Waals surface area (Å²) in [6.07, 6.45) is 4.95. The van der Waals surface area contributed by atoms with Crippen LogP contribution in [0.25, 0.3) is 0 Å². The molecule has 0 radical (unpaired) electrons. The zero-order valence-electron chi connectivity index (χ0n) is 11.2. The maximum atomic E-state index is 13.4. The summed E-state index contributed by atoms with van der Waals surface area (Å²) < 4.78 is 25.2. The first-order valence-corrected chi connectivity index (χ1v) is 6.91. The highest BCUT2D eigenvalue weighted by atomic mass is 19.1. The van der Waals surface area contributed by atoms with E-state index < -0.39 is 0 Å². The summed E-state index contributed by atoms with van der Waals surface area (Å²) in [7, 11) is 1.72. The van der Waals surface area contributed by atoms with Gasteiger partial charge in [-0.3, -0.25) is 0 Å². The zero-order chi connectivity index (χ0) is 13.5. The van der Waals surface area contributed by atoms with Crippen molar-refractivity contribution in [2.45, 2.75) is 49.9 Å². The van der Waals surface area contributed by atoms with Gasteiger partial charge in [-0.2, -0.15) is 0 Å². The molecule has 0 aromatic heterocycles. The van der Waals surface area contributed by atoms with Crippen LogP contribution < -0.4 is 10.5 Å². The van der Waals surface area contributed by atoms with Crippen molar-refractivity contribution < 1.29 is 13.9 Å². The molecule has 1 aromatic carbocycles. The van der Waals surface area contributed by atoms with Gasteiger partial charge in [0, 0.05) is 31.2 Å². The molecule has 1 aliphatic heterocycles. The fraction of sp³-hybridized carbons (Fsp3) is 0.600. The molecule has 104 valence electrons. The summed E-state index contributed by atoms with van der Waals surface area (Å²) in [5.74, 6) is 0.301. The molecule has 0 bridgehead atoms. The number of benzene rings is 1. The third kappa shape index (κ3) is 2.13. The highest BCUT2D eigenvalue weighted by Gasteiger charge is 2.47. The first kappa shape index (κ1) is 12.9. The first-order chi connectivity index (χ1) is 9.14. The van der Waals surface area contributed by atoms with Gasteiger partial charge in [-0.05, 0) is 25.3 Å². The number of hydrogen-bond donors (Lipinski definition) is 1. The van der Waals surface area contributed by atoms with E-state index in [0.717, 1.165) is 37.7 Å². The standard InChI is InChI=1S/C15H20FNO2/c1-18-14-4-2-3-7-15(14)9-12(17)11-6-5-10(16)8-13(11)19-15/h5-6,8,12,14H,2-4,7,9,17H2,1H3/t12-,14?,15?/m1/s1. The zero-order valence-corrected chi connectivity index (χ0v) is 11.2. The van der Waals surface area contributed by atoms with E-state index in [9.17, 15) is 4.39 Å². The molecular formula is C15H20FNO2. The minimum absolute atomic E-state index is 0.0451. The van der Waals surface area contributed by atoms with E-state index in [1.807, 2.05) is 0 Å². The van der Waals surface area contributed by atoms with Crippen LogP contribution in [0.15, 0.2) is 18.2 Å². The van der Waals surface area contributed by atoms with E-state index in [0.29, 0.717) is 5.75 Å². The Bertz CT molecular complexity index is 479. The van der Waals surface area contributed by atoms with Gasteiger partial charge >= 0.3 is 0 Å². The minimum atomic E-state index is -0.382. The van der Waals surface area contributed by atoms with Crippen LogP contribution in [-0.4, -0.2) is 18.8 Å². The molecule has 1 heterocycles. The molecule has 2 aliphatic rings. The second-order valence-electron chi connectivity index (χ2n) is 5.63. The molecule has 3 atom stereocenters. The third-order valence-corrected chi connectivity index (χ3v) is 4.44. The van der Waals surface area contributed by atoms with E-state index in [1.54, 1.807) is 13.2 Å². The average molecular weight is 265 g/mol. The quantitative estimate of drug-likeness (QED) is 0.849. The molecule has 3 rings (SSSR count). The van der Waals surface area contributed by atoms with Gasteiger partial charge in [0.1, 0.15) is 17.2 Å². The Hall–Kier alpha value is -1.13. The summed E-state index contributed by atoms with van der Waals surface area (Å²) in [6, 6.07) is 4.50. The second-order valence-corrected chi connectivity index (χ2v) is 5.63. The number of nitrogens with two attached hydrogens (primary N) is 1. The maximum absolute atomic E-state index is 13.4. The monoisotopic (exact) mass is 265 g/mol. The van der Waals surface area contributed by atoms with Crippen molar-refractivity contribution in [2.75, 3.05) is 7.11 Å². The van der Waals surface area contributed by atoms with Crippen LogP contribution >= 0.6 is 0 Å². The minimum Gasteiger partial charge on any atom is -0.484 e. The summed E-state index contributed by atoms with van der Waals surface area (Å²) in [4.78, 5) is 0. The van der Waals surface area contributed by atoms with E-state index >= 15 is 0 Å². The van der Waals surface area contributed by atoms with Crippen LogP contribution in [0.2, 0.25) is 0 Å². The molecule has 0 saturated heterocycles. The van der Waals surface area contributed by atoms with Crippen LogP contribution in [0, 0.1) is 5.82 Å². The van der Waals surface area contributed by atoms with Crippen molar-refractivity contribution in [3.05, 3.63) is 29.6 Å². The number of methoxy groups -OCH3 is 1. The largest absolute Gasteiger partial charge is 0.484 e. The number of halogens is 1. The Kier molecular flexibility index (Phi) is 3.23. The fourth-order valence-corrected chi connectivity index (χ4v) is 3.51. The first-order valence-electron chi connectivity index (χ1n) is 6.91. The summed E-state index contributed by atoms with van der Waals surface area (Å²) in [6.45, 7) is 0. The van der Waals surface area contributed by atoms with Crippen molar-refractivity contribution in [3.8, 4) is 5.75 Å². The molecule has 1 fully saturated rings. The molecule has 1 spiro atoms. The van der Waals surface area contributed by atoms with Gasteiger partial charge in [0.2, 0.25) is 0 Å². The summed E-state index contributed by atoms with van der Waals surface area (Å²) >= 11 is 0. The lowest BCUT2D eigenvalue weighted by Gasteiger charge is -2.47. The predicted molar refractivity (Wildman–Crippen MR) is 70.6 cm³/mol. The molecule has 2 unspecified atom stereocenters. The Morgan fingerprint density at radius 3 is 3.05 bits per heavy atom. The smallest absolute Gasteiger partial charge is 0.137 e. The third-order valence-electron chi connectivity index (χ3n) is 4.44. The fourth-order valence-electron chi connectivity index (χ4n) is 3.51. The molecular weight excluding hydrogens is 245 g/mol. The van der Waals surface area contributed by atoms with Gasteiger partial charge < -0.3 is 15.2 Å². The SMILES string of the molecule is COC1CCCCC12C[C@@H](N)c1ccc(F)cc1O2. The molecule has 3 nitrogen and oxygen atoms in total. The number of hydrogen-bond acceptors (Lipinski definition) is 3. The van der Waals surface area contributed by atoms with Crippen LogP contribution in [0.4, 0.5) is 4.39 Å². The van der Waals surface area contributed by atoms with Gasteiger partial charge in [0.15, 0.2) is 0 Å². The highest BCUT2D eigenvalue weighted by Crippen LogP contribution is 2.46. The molecule has 1 aliphatic carbocycles. The van der Waals surface area contributed by atoms with Gasteiger partial charge in [0.05, 0.1) is 6.10 Å². The lowest BCUT2D eigenvalue weighted by Crippen LogP contribution is -2.54. The van der Waals surface area contributed by atoms with Gasteiger partial charge in [-0.25, -0.2) is 4.39 Å². The highest BCUT2D eigenvalue weighted by molar-refractivity contribution is 5.39. The lowest BCUT2D eigenvalue weighted by atomic mass is 9.75. The summed E-state index contributed by atoms with van der Waals surface area (Å²) in [5, 5.41) is 0. The molecule has 4 heteroatoms. The Balaban J connectivity index is 1.98. The predicted octanol–water partition coefficient (Wildman–Crippen LogP) is 2.94. The molecule has 1 saturated carbocycles. The Morgan fingerprint density at radius 2 is 2.26 bits per heavy atom. The van der Waals surface area contributed by atoms with E-state index in [4.69, 9.17) is 15.2 Å². The van der Waals surface area contributed by atoms with Crippen LogP contribution in [0.5, 0.6) is 5.75 Å². The molecule has 1 aromatic rings. The van der Waals surface area contributed by atoms with Crippen molar-refractivity contribution >= 4 is 0 Å². The van der Waals surface area contributed by atoms with Gasteiger partial charge in [0.25, 0.3) is 0 Å².